The summed E-state index contributed by atoms with van der Waals surface area (Å²) in [6.07, 6.45) is 0. The van der Waals surface area contributed by atoms with Crippen LogP contribution in [-0.2, 0) is 19.3 Å². The number of benzene rings is 1. The van der Waals surface area contributed by atoms with Gasteiger partial charge in [-0.15, -0.1) is 0 Å². The molecule has 0 atom stereocenters. The molecule has 0 heterocycles. The van der Waals surface area contributed by atoms with Gasteiger partial charge in [0.25, 0.3) is 0 Å². The molecule has 1 aromatic rings. The standard InChI is InChI=1S/C13H21ClO3Si/c1-4-15-18(16-5-2,17-6-3)11-12-7-9-13(14)10-8-12/h7-10H,4-6,11H2,1-3H3. The van der Waals surface area contributed by atoms with Crippen LogP contribution >= 0.6 is 11.6 Å². The van der Waals surface area contributed by atoms with Crippen LogP contribution in [0.2, 0.25) is 5.02 Å². The summed E-state index contributed by atoms with van der Waals surface area (Å²) in [5, 5.41) is 0.732. The Hall–Kier alpha value is -0.393. The van der Waals surface area contributed by atoms with Crippen molar-refractivity contribution >= 4 is 20.4 Å². The predicted molar refractivity (Wildman–Crippen MR) is 75.8 cm³/mol. The highest BCUT2D eigenvalue weighted by molar-refractivity contribution is 6.60. The first-order valence-electron chi connectivity index (χ1n) is 6.32. The molecule has 18 heavy (non-hydrogen) atoms. The molecular formula is C13H21ClO3Si. The van der Waals surface area contributed by atoms with Gasteiger partial charge in [-0.1, -0.05) is 23.7 Å². The van der Waals surface area contributed by atoms with Crippen molar-refractivity contribution in [1.29, 1.82) is 0 Å². The van der Waals surface area contributed by atoms with Crippen LogP contribution in [0.3, 0.4) is 0 Å². The number of hydrogen-bond acceptors (Lipinski definition) is 3. The minimum Gasteiger partial charge on any atom is -0.374 e. The first-order chi connectivity index (χ1) is 8.65. The fourth-order valence-corrected chi connectivity index (χ4v) is 4.53. The summed E-state index contributed by atoms with van der Waals surface area (Å²) in [6, 6.07) is 8.40. The molecule has 1 aromatic carbocycles. The van der Waals surface area contributed by atoms with E-state index in [0.717, 1.165) is 10.6 Å². The van der Waals surface area contributed by atoms with Crippen molar-refractivity contribution in [3.8, 4) is 0 Å². The lowest BCUT2D eigenvalue weighted by Gasteiger charge is -2.28. The van der Waals surface area contributed by atoms with Crippen molar-refractivity contribution in [3.05, 3.63) is 34.9 Å². The topological polar surface area (TPSA) is 27.7 Å². The molecule has 0 N–H and O–H groups in total. The zero-order chi connectivity index (χ0) is 13.4. The SMILES string of the molecule is CCO[Si](Cc1ccc(Cl)cc1)(OCC)OCC. The third-order valence-electron chi connectivity index (χ3n) is 2.43. The molecule has 0 bridgehead atoms. The molecule has 0 radical (unpaired) electrons. The average Bonchev–Trinajstić information content (AvgIpc) is 2.33. The predicted octanol–water partition coefficient (Wildman–Crippen LogP) is 3.47. The molecule has 0 saturated heterocycles. The maximum Gasteiger partial charge on any atom is 0.505 e. The maximum absolute atomic E-state index is 5.88. The zero-order valence-electron chi connectivity index (χ0n) is 11.2. The Morgan fingerprint density at radius 1 is 0.889 bits per heavy atom. The Morgan fingerprint density at radius 2 is 1.33 bits per heavy atom. The van der Waals surface area contributed by atoms with Crippen LogP contribution in [0, 0.1) is 0 Å². The van der Waals surface area contributed by atoms with Crippen LogP contribution in [0.5, 0.6) is 0 Å². The van der Waals surface area contributed by atoms with E-state index in [1.165, 1.54) is 0 Å². The molecule has 5 heteroatoms. The molecule has 0 fully saturated rings. The van der Waals surface area contributed by atoms with Crippen LogP contribution in [0.15, 0.2) is 24.3 Å². The molecule has 0 aromatic heterocycles. The van der Waals surface area contributed by atoms with Gasteiger partial charge in [-0.25, -0.2) is 0 Å². The molecule has 0 unspecified atom stereocenters. The van der Waals surface area contributed by atoms with E-state index in [0.29, 0.717) is 25.9 Å². The van der Waals surface area contributed by atoms with Gasteiger partial charge in [0.15, 0.2) is 0 Å². The number of rotatable bonds is 8. The van der Waals surface area contributed by atoms with Crippen LogP contribution < -0.4 is 0 Å². The zero-order valence-corrected chi connectivity index (χ0v) is 13.0. The smallest absolute Gasteiger partial charge is 0.374 e. The fourth-order valence-electron chi connectivity index (χ4n) is 1.79. The number of halogens is 1. The molecular weight excluding hydrogens is 268 g/mol. The highest BCUT2D eigenvalue weighted by Crippen LogP contribution is 2.18. The van der Waals surface area contributed by atoms with Crippen LogP contribution in [0.1, 0.15) is 26.3 Å². The second kappa shape index (κ2) is 7.91. The van der Waals surface area contributed by atoms with Gasteiger partial charge < -0.3 is 13.3 Å². The van der Waals surface area contributed by atoms with E-state index in [9.17, 15) is 0 Å². The average molecular weight is 289 g/mol. The second-order valence-corrected chi connectivity index (χ2v) is 6.81. The van der Waals surface area contributed by atoms with Crippen LogP contribution in [-0.4, -0.2) is 28.6 Å². The van der Waals surface area contributed by atoms with Gasteiger partial charge >= 0.3 is 8.80 Å². The Balaban J connectivity index is 2.84. The largest absolute Gasteiger partial charge is 0.505 e. The Morgan fingerprint density at radius 3 is 1.72 bits per heavy atom. The molecule has 1 rings (SSSR count). The first-order valence-corrected chi connectivity index (χ1v) is 8.63. The van der Waals surface area contributed by atoms with Gasteiger partial charge in [-0.2, -0.15) is 0 Å². The third-order valence-corrected chi connectivity index (χ3v) is 5.71. The van der Waals surface area contributed by atoms with E-state index >= 15 is 0 Å². The highest BCUT2D eigenvalue weighted by Gasteiger charge is 2.40. The van der Waals surface area contributed by atoms with Crippen molar-refractivity contribution in [2.45, 2.75) is 26.8 Å². The summed E-state index contributed by atoms with van der Waals surface area (Å²) in [7, 11) is -2.60. The van der Waals surface area contributed by atoms with Crippen molar-refractivity contribution < 1.29 is 13.3 Å². The van der Waals surface area contributed by atoms with E-state index in [-0.39, 0.29) is 0 Å². The molecule has 0 amide bonds. The van der Waals surface area contributed by atoms with E-state index in [1.54, 1.807) is 0 Å². The van der Waals surface area contributed by atoms with Crippen molar-refractivity contribution in [2.75, 3.05) is 19.8 Å². The van der Waals surface area contributed by atoms with Gasteiger partial charge in [0.1, 0.15) is 0 Å². The molecule has 3 nitrogen and oxygen atoms in total. The van der Waals surface area contributed by atoms with Gasteiger partial charge in [0.05, 0.1) is 0 Å². The Kier molecular flexibility index (Phi) is 6.89. The molecule has 0 aliphatic heterocycles. The lowest BCUT2D eigenvalue weighted by Crippen LogP contribution is -2.48. The van der Waals surface area contributed by atoms with Gasteiger partial charge in [-0.05, 0) is 38.5 Å². The molecule has 0 aliphatic carbocycles. The minimum absolute atomic E-state index is 0.597. The highest BCUT2D eigenvalue weighted by atomic mass is 35.5. The molecule has 0 saturated carbocycles. The quantitative estimate of drug-likeness (QED) is 0.686. The molecule has 0 spiro atoms. The summed E-state index contributed by atoms with van der Waals surface area (Å²) in [6.45, 7) is 7.67. The van der Waals surface area contributed by atoms with Crippen molar-refractivity contribution in [3.63, 3.8) is 0 Å². The molecule has 102 valence electrons. The fraction of sp³-hybridized carbons (Fsp3) is 0.538. The first kappa shape index (κ1) is 15.7. The van der Waals surface area contributed by atoms with E-state index in [2.05, 4.69) is 0 Å². The number of hydrogen-bond donors (Lipinski definition) is 0. The summed E-state index contributed by atoms with van der Waals surface area (Å²) < 4.78 is 17.4. The van der Waals surface area contributed by atoms with Gasteiger partial charge in [0.2, 0.25) is 0 Å². The van der Waals surface area contributed by atoms with Crippen molar-refractivity contribution in [1.82, 2.24) is 0 Å². The van der Waals surface area contributed by atoms with E-state index in [1.807, 2.05) is 45.0 Å². The van der Waals surface area contributed by atoms with Crippen LogP contribution in [0.25, 0.3) is 0 Å². The lowest BCUT2D eigenvalue weighted by atomic mass is 10.2. The summed E-state index contributed by atoms with van der Waals surface area (Å²) in [5.74, 6) is 0. The summed E-state index contributed by atoms with van der Waals surface area (Å²) >= 11 is 5.88. The summed E-state index contributed by atoms with van der Waals surface area (Å²) in [5.41, 5.74) is 1.13. The second-order valence-electron chi connectivity index (χ2n) is 3.79. The van der Waals surface area contributed by atoms with Crippen LogP contribution in [0.4, 0.5) is 0 Å². The normalized spacial score (nSPS) is 11.8. The maximum atomic E-state index is 5.88. The monoisotopic (exact) mass is 288 g/mol. The van der Waals surface area contributed by atoms with Crippen molar-refractivity contribution in [2.24, 2.45) is 0 Å². The van der Waals surface area contributed by atoms with Gasteiger partial charge in [-0.3, -0.25) is 0 Å². The third kappa shape index (κ3) is 4.70. The summed E-state index contributed by atoms with van der Waals surface area (Å²) in [4.78, 5) is 0. The van der Waals surface area contributed by atoms with E-state index < -0.39 is 8.80 Å². The molecule has 0 aliphatic rings. The Labute approximate surface area is 115 Å². The van der Waals surface area contributed by atoms with E-state index in [4.69, 9.17) is 24.9 Å². The minimum atomic E-state index is -2.60. The Bertz CT molecular complexity index is 326. The lowest BCUT2D eigenvalue weighted by molar-refractivity contribution is 0.0704. The van der Waals surface area contributed by atoms with Gasteiger partial charge in [0, 0.05) is 30.9 Å².